The highest BCUT2D eigenvalue weighted by atomic mass is 16.5. The maximum Gasteiger partial charge on any atom is 0.341 e. The fraction of sp³-hybridized carbons (Fsp3) is 0.400. The van der Waals surface area contributed by atoms with Gasteiger partial charge in [-0.1, -0.05) is 0 Å². The van der Waals surface area contributed by atoms with Crippen molar-refractivity contribution in [2.24, 2.45) is 11.8 Å². The normalized spacial score (nSPS) is 17.9. The van der Waals surface area contributed by atoms with Gasteiger partial charge in [0.2, 0.25) is 0 Å². The highest BCUT2D eigenvalue weighted by Gasteiger charge is 2.48. The largest absolute Gasteiger partial charge is 0.496 e. The molecule has 0 aromatic heterocycles. The average Bonchev–Trinajstić information content (AvgIpc) is 3.34. The summed E-state index contributed by atoms with van der Waals surface area (Å²) in [6.07, 6.45) is 0.296. The standard InChI is InChI=1S/C10H12O5.C5H6O4/c1-14-9-4-8(15-6-10(12)13)3-2-7(9)5-11;6-4(7)2-1-3(2)5(8)9/h2-4,11H,5-6H2,1H3,(H,12,13);2-3H,1H2,(H,6,7)(H,8,9). The molecule has 1 fully saturated rings. The molecule has 132 valence electrons. The molecule has 0 spiro atoms. The molecule has 0 saturated heterocycles. The van der Waals surface area contributed by atoms with E-state index < -0.39 is 36.4 Å². The molecule has 0 amide bonds. The van der Waals surface area contributed by atoms with Gasteiger partial charge in [0.25, 0.3) is 0 Å². The van der Waals surface area contributed by atoms with E-state index in [-0.39, 0.29) is 6.61 Å². The first-order valence-electron chi connectivity index (χ1n) is 6.88. The van der Waals surface area contributed by atoms with Crippen LogP contribution in [0.2, 0.25) is 0 Å². The summed E-state index contributed by atoms with van der Waals surface area (Å²) in [6, 6.07) is 4.74. The Morgan fingerprint density at radius 2 is 1.71 bits per heavy atom. The van der Waals surface area contributed by atoms with Crippen LogP contribution in [0.5, 0.6) is 11.5 Å². The van der Waals surface area contributed by atoms with Gasteiger partial charge < -0.3 is 29.9 Å². The summed E-state index contributed by atoms with van der Waals surface area (Å²) in [5, 5.41) is 33.8. The number of rotatable bonds is 7. The van der Waals surface area contributed by atoms with Gasteiger partial charge in [-0.3, -0.25) is 9.59 Å². The summed E-state index contributed by atoms with van der Waals surface area (Å²) < 4.78 is 9.94. The van der Waals surface area contributed by atoms with Crippen LogP contribution in [0.4, 0.5) is 0 Å². The van der Waals surface area contributed by atoms with E-state index in [2.05, 4.69) is 0 Å². The predicted molar refractivity (Wildman–Crippen MR) is 78.9 cm³/mol. The Hall–Kier alpha value is -2.81. The van der Waals surface area contributed by atoms with Crippen molar-refractivity contribution < 1.29 is 44.3 Å². The Kier molecular flexibility index (Phi) is 6.99. The van der Waals surface area contributed by atoms with Gasteiger partial charge in [0.15, 0.2) is 6.61 Å². The molecule has 24 heavy (non-hydrogen) atoms. The van der Waals surface area contributed by atoms with Gasteiger partial charge in [-0.15, -0.1) is 0 Å². The molecule has 2 atom stereocenters. The molecule has 0 heterocycles. The third-order valence-corrected chi connectivity index (χ3v) is 3.22. The number of hydrogen-bond donors (Lipinski definition) is 4. The van der Waals surface area contributed by atoms with Gasteiger partial charge in [-0.05, 0) is 18.6 Å². The van der Waals surface area contributed by atoms with Gasteiger partial charge in [0.1, 0.15) is 11.5 Å². The second-order valence-corrected chi connectivity index (χ2v) is 4.94. The molecule has 2 rings (SSSR count). The SMILES string of the molecule is COc1cc(OCC(=O)O)ccc1CO.O=C(O)C1CC1C(=O)O. The van der Waals surface area contributed by atoms with Gasteiger partial charge in [-0.2, -0.15) is 0 Å². The minimum atomic E-state index is -1.04. The van der Waals surface area contributed by atoms with Crippen molar-refractivity contribution in [1.29, 1.82) is 0 Å². The van der Waals surface area contributed by atoms with E-state index in [1.807, 2.05) is 0 Å². The van der Waals surface area contributed by atoms with E-state index in [9.17, 15) is 14.4 Å². The first-order chi connectivity index (χ1) is 11.3. The topological polar surface area (TPSA) is 151 Å². The highest BCUT2D eigenvalue weighted by Crippen LogP contribution is 2.38. The molecule has 9 nitrogen and oxygen atoms in total. The molecule has 1 aliphatic rings. The zero-order valence-corrected chi connectivity index (χ0v) is 12.8. The first kappa shape index (κ1) is 19.2. The molecular weight excluding hydrogens is 324 g/mol. The fourth-order valence-corrected chi connectivity index (χ4v) is 1.83. The third-order valence-electron chi connectivity index (χ3n) is 3.22. The van der Waals surface area contributed by atoms with Crippen LogP contribution >= 0.6 is 0 Å². The van der Waals surface area contributed by atoms with E-state index in [0.717, 1.165) is 0 Å². The number of aliphatic hydroxyl groups excluding tert-OH is 1. The van der Waals surface area contributed by atoms with E-state index >= 15 is 0 Å². The molecule has 1 aromatic rings. The summed E-state index contributed by atoms with van der Waals surface area (Å²) in [5.74, 6) is -3.41. The fourth-order valence-electron chi connectivity index (χ4n) is 1.83. The molecule has 1 aliphatic carbocycles. The number of aliphatic carboxylic acids is 3. The van der Waals surface area contributed by atoms with E-state index in [0.29, 0.717) is 23.5 Å². The first-order valence-corrected chi connectivity index (χ1v) is 6.88. The van der Waals surface area contributed by atoms with Crippen LogP contribution in [-0.2, 0) is 21.0 Å². The molecule has 2 unspecified atom stereocenters. The van der Waals surface area contributed by atoms with Crippen LogP contribution in [0.3, 0.4) is 0 Å². The van der Waals surface area contributed by atoms with Gasteiger partial charge >= 0.3 is 17.9 Å². The predicted octanol–water partition coefficient (Wildman–Crippen LogP) is 0.443. The molecule has 0 bridgehead atoms. The zero-order chi connectivity index (χ0) is 18.3. The maximum atomic E-state index is 10.3. The summed E-state index contributed by atoms with van der Waals surface area (Å²) in [7, 11) is 1.47. The van der Waals surface area contributed by atoms with Crippen molar-refractivity contribution in [3.8, 4) is 11.5 Å². The number of methoxy groups -OCH3 is 1. The lowest BCUT2D eigenvalue weighted by molar-refractivity contribution is -0.144. The summed E-state index contributed by atoms with van der Waals surface area (Å²) in [6.45, 7) is -0.538. The molecule has 0 aliphatic heterocycles. The number of hydrogen-bond acceptors (Lipinski definition) is 6. The lowest BCUT2D eigenvalue weighted by atomic mass is 10.2. The van der Waals surface area contributed by atoms with Crippen LogP contribution < -0.4 is 9.47 Å². The van der Waals surface area contributed by atoms with Gasteiger partial charge in [0, 0.05) is 11.6 Å². The van der Waals surface area contributed by atoms with Gasteiger partial charge in [0.05, 0.1) is 25.6 Å². The second kappa shape index (κ2) is 8.73. The maximum absolute atomic E-state index is 10.3. The van der Waals surface area contributed by atoms with Crippen LogP contribution in [0, 0.1) is 11.8 Å². The zero-order valence-electron chi connectivity index (χ0n) is 12.8. The molecule has 9 heteroatoms. The van der Waals surface area contributed by atoms with Crippen molar-refractivity contribution in [1.82, 2.24) is 0 Å². The molecule has 4 N–H and O–H groups in total. The Bertz CT molecular complexity index is 593. The summed E-state index contributed by atoms with van der Waals surface area (Å²) in [5.41, 5.74) is 0.625. The van der Waals surface area contributed by atoms with Crippen molar-refractivity contribution in [2.45, 2.75) is 13.0 Å². The highest BCUT2D eigenvalue weighted by molar-refractivity contribution is 5.85. The van der Waals surface area contributed by atoms with Gasteiger partial charge in [-0.25, -0.2) is 4.79 Å². The lowest BCUT2D eigenvalue weighted by Crippen LogP contribution is -2.09. The molecule has 1 aromatic carbocycles. The van der Waals surface area contributed by atoms with E-state index in [4.69, 9.17) is 29.9 Å². The summed E-state index contributed by atoms with van der Waals surface area (Å²) in [4.78, 5) is 30.3. The number of carboxylic acids is 3. The summed E-state index contributed by atoms with van der Waals surface area (Å²) >= 11 is 0. The Morgan fingerprint density at radius 3 is 2.08 bits per heavy atom. The Balaban J connectivity index is 0.000000272. The Labute approximate surface area is 137 Å². The van der Waals surface area contributed by atoms with Crippen LogP contribution in [0.15, 0.2) is 18.2 Å². The molecular formula is C15H18O9. The minimum Gasteiger partial charge on any atom is -0.496 e. The number of carboxylic acid groups (broad SMARTS) is 3. The Morgan fingerprint density at radius 1 is 1.12 bits per heavy atom. The van der Waals surface area contributed by atoms with E-state index in [1.54, 1.807) is 12.1 Å². The number of benzene rings is 1. The van der Waals surface area contributed by atoms with Crippen LogP contribution in [0.25, 0.3) is 0 Å². The van der Waals surface area contributed by atoms with Crippen molar-refractivity contribution in [3.63, 3.8) is 0 Å². The molecule has 0 radical (unpaired) electrons. The van der Waals surface area contributed by atoms with E-state index in [1.165, 1.54) is 13.2 Å². The minimum absolute atomic E-state index is 0.137. The number of ether oxygens (including phenoxy) is 2. The quantitative estimate of drug-likeness (QED) is 0.553. The van der Waals surface area contributed by atoms with Crippen molar-refractivity contribution in [2.75, 3.05) is 13.7 Å². The van der Waals surface area contributed by atoms with Crippen molar-refractivity contribution in [3.05, 3.63) is 23.8 Å². The third kappa shape index (κ3) is 5.76. The smallest absolute Gasteiger partial charge is 0.341 e. The molecule has 1 saturated carbocycles. The number of carbonyl (C=O) groups is 3. The monoisotopic (exact) mass is 342 g/mol. The second-order valence-electron chi connectivity index (χ2n) is 4.94. The number of aliphatic hydroxyl groups is 1. The van der Waals surface area contributed by atoms with Crippen LogP contribution in [0.1, 0.15) is 12.0 Å². The average molecular weight is 342 g/mol. The van der Waals surface area contributed by atoms with Crippen molar-refractivity contribution >= 4 is 17.9 Å². The lowest BCUT2D eigenvalue weighted by Gasteiger charge is -2.09. The van der Waals surface area contributed by atoms with Crippen LogP contribution in [-0.4, -0.2) is 52.1 Å².